The highest BCUT2D eigenvalue weighted by molar-refractivity contribution is 9.10. The molecule has 0 unspecified atom stereocenters. The van der Waals surface area contributed by atoms with Gasteiger partial charge in [0, 0.05) is 22.2 Å². The molecule has 3 aromatic rings. The number of halogens is 2. The fourth-order valence-corrected chi connectivity index (χ4v) is 3.04. The van der Waals surface area contributed by atoms with Crippen LogP contribution in [-0.4, -0.2) is 16.4 Å². The van der Waals surface area contributed by atoms with Crippen LogP contribution < -0.4 is 15.6 Å². The monoisotopic (exact) mass is 495 g/mol. The Hall–Kier alpha value is -2.52. The van der Waals surface area contributed by atoms with Crippen molar-refractivity contribution in [2.75, 3.05) is 0 Å². The van der Waals surface area contributed by atoms with Gasteiger partial charge in [-0.15, -0.1) is 0 Å². The molecule has 9 heteroatoms. The number of aromatic nitrogens is 1. The van der Waals surface area contributed by atoms with Crippen LogP contribution in [0.4, 0.5) is 0 Å². The van der Waals surface area contributed by atoms with Crippen LogP contribution in [0.15, 0.2) is 62.0 Å². The quantitative estimate of drug-likeness (QED) is 0.526. The van der Waals surface area contributed by atoms with Crippen LogP contribution in [0.5, 0.6) is 5.75 Å². The Labute approximate surface area is 171 Å². The zero-order chi connectivity index (χ0) is 19.4. The molecule has 2 aromatic heterocycles. The molecule has 0 saturated carbocycles. The van der Waals surface area contributed by atoms with Crippen molar-refractivity contribution in [2.45, 2.75) is 6.61 Å². The maximum absolute atomic E-state index is 12.1. The summed E-state index contributed by atoms with van der Waals surface area (Å²) in [7, 11) is 1.73. The molecule has 2 N–H and O–H groups in total. The van der Waals surface area contributed by atoms with Crippen LogP contribution in [0.1, 0.15) is 26.8 Å². The summed E-state index contributed by atoms with van der Waals surface area (Å²) >= 11 is 6.64. The molecule has 0 bridgehead atoms. The van der Waals surface area contributed by atoms with Gasteiger partial charge < -0.3 is 13.7 Å². The first-order valence-electron chi connectivity index (χ1n) is 7.82. The lowest BCUT2D eigenvalue weighted by atomic mass is 10.3. The minimum Gasteiger partial charge on any atom is -0.486 e. The van der Waals surface area contributed by atoms with E-state index in [0.717, 1.165) is 8.95 Å². The Balaban J connectivity index is 1.52. The van der Waals surface area contributed by atoms with Crippen molar-refractivity contribution in [3.8, 4) is 5.75 Å². The summed E-state index contributed by atoms with van der Waals surface area (Å²) in [6, 6.07) is 12.2. The molecule has 0 radical (unpaired) electrons. The van der Waals surface area contributed by atoms with E-state index in [4.69, 9.17) is 9.15 Å². The minimum atomic E-state index is -0.563. The Morgan fingerprint density at radius 2 is 1.74 bits per heavy atom. The third-order valence-corrected chi connectivity index (χ3v) is 4.54. The number of benzene rings is 1. The summed E-state index contributed by atoms with van der Waals surface area (Å²) < 4.78 is 14.4. The van der Waals surface area contributed by atoms with E-state index in [1.54, 1.807) is 29.9 Å². The lowest BCUT2D eigenvalue weighted by molar-refractivity contribution is 0.0824. The number of rotatable bonds is 5. The maximum atomic E-state index is 12.1. The number of hydrogen-bond acceptors (Lipinski definition) is 4. The van der Waals surface area contributed by atoms with Crippen molar-refractivity contribution >= 4 is 43.7 Å². The number of furan rings is 1. The van der Waals surface area contributed by atoms with Crippen LogP contribution >= 0.6 is 31.9 Å². The van der Waals surface area contributed by atoms with Crippen molar-refractivity contribution < 1.29 is 18.7 Å². The third-order valence-electron chi connectivity index (χ3n) is 3.57. The summed E-state index contributed by atoms with van der Waals surface area (Å²) in [5.74, 6) is 0.230. The highest BCUT2D eigenvalue weighted by Gasteiger charge is 2.15. The number of carbonyl (C=O) groups is 2. The summed E-state index contributed by atoms with van der Waals surface area (Å²) in [4.78, 5) is 24.2. The van der Waals surface area contributed by atoms with Crippen molar-refractivity contribution in [2.24, 2.45) is 7.05 Å². The second kappa shape index (κ2) is 8.45. The summed E-state index contributed by atoms with van der Waals surface area (Å²) in [5.41, 5.74) is 5.06. The fraction of sp³-hybridized carbons (Fsp3) is 0.111. The Kier molecular flexibility index (Phi) is 6.02. The van der Waals surface area contributed by atoms with Crippen LogP contribution in [0.25, 0.3) is 0 Å². The number of ether oxygens (including phenoxy) is 1. The predicted molar refractivity (Wildman–Crippen MR) is 105 cm³/mol. The van der Waals surface area contributed by atoms with Gasteiger partial charge in [0.1, 0.15) is 23.8 Å². The van der Waals surface area contributed by atoms with E-state index in [-0.39, 0.29) is 12.4 Å². The van der Waals surface area contributed by atoms with Gasteiger partial charge in [-0.05, 0) is 58.4 Å². The van der Waals surface area contributed by atoms with Crippen molar-refractivity contribution in [1.29, 1.82) is 0 Å². The standard InChI is InChI=1S/C18H15Br2N3O4/c1-23-9-12(20)8-15(23)17(24)21-22-18(25)16-7-6-14(27-16)10-26-13-4-2-11(19)3-5-13/h2-9H,10H2,1H3,(H,21,24)(H,22,25). The Morgan fingerprint density at radius 3 is 2.41 bits per heavy atom. The van der Waals surface area contributed by atoms with Crippen molar-refractivity contribution in [3.05, 3.63) is 74.8 Å². The lowest BCUT2D eigenvalue weighted by Gasteiger charge is -2.06. The number of hydrogen-bond donors (Lipinski definition) is 2. The van der Waals surface area contributed by atoms with Gasteiger partial charge in [-0.25, -0.2) is 0 Å². The molecule has 27 heavy (non-hydrogen) atoms. The third kappa shape index (κ3) is 5.01. The number of carbonyl (C=O) groups excluding carboxylic acids is 2. The first-order valence-corrected chi connectivity index (χ1v) is 9.40. The van der Waals surface area contributed by atoms with E-state index in [1.165, 1.54) is 6.07 Å². The average Bonchev–Trinajstić information content (AvgIpc) is 3.25. The normalized spacial score (nSPS) is 10.5. The molecular formula is C18H15Br2N3O4. The second-order valence-corrected chi connectivity index (χ2v) is 7.40. The van der Waals surface area contributed by atoms with E-state index in [0.29, 0.717) is 17.2 Å². The first kappa shape index (κ1) is 19.2. The average molecular weight is 497 g/mol. The molecule has 2 amide bonds. The van der Waals surface area contributed by atoms with Gasteiger partial charge in [0.15, 0.2) is 5.76 Å². The zero-order valence-electron chi connectivity index (χ0n) is 14.2. The van der Waals surface area contributed by atoms with Gasteiger partial charge >= 0.3 is 5.91 Å². The zero-order valence-corrected chi connectivity index (χ0v) is 17.3. The van der Waals surface area contributed by atoms with Crippen LogP contribution in [0, 0.1) is 0 Å². The molecule has 0 atom stereocenters. The smallest absolute Gasteiger partial charge is 0.305 e. The molecule has 140 valence electrons. The highest BCUT2D eigenvalue weighted by atomic mass is 79.9. The number of nitrogens with zero attached hydrogens (tertiary/aromatic N) is 1. The maximum Gasteiger partial charge on any atom is 0.305 e. The molecular weight excluding hydrogens is 482 g/mol. The molecule has 0 fully saturated rings. The Bertz CT molecular complexity index is 963. The minimum absolute atomic E-state index is 0.0674. The molecule has 2 heterocycles. The molecule has 1 aromatic carbocycles. The van der Waals surface area contributed by atoms with E-state index in [9.17, 15) is 9.59 Å². The molecule has 0 aliphatic carbocycles. The topological polar surface area (TPSA) is 85.5 Å². The van der Waals surface area contributed by atoms with E-state index in [2.05, 4.69) is 42.7 Å². The van der Waals surface area contributed by atoms with Crippen LogP contribution in [-0.2, 0) is 13.7 Å². The number of aryl methyl sites for hydroxylation is 1. The predicted octanol–water partition coefficient (Wildman–Crippen LogP) is 3.80. The van der Waals surface area contributed by atoms with Gasteiger partial charge in [0.25, 0.3) is 5.91 Å². The molecule has 7 nitrogen and oxygen atoms in total. The first-order chi connectivity index (χ1) is 12.9. The van der Waals surface area contributed by atoms with Crippen molar-refractivity contribution in [1.82, 2.24) is 15.4 Å². The van der Waals surface area contributed by atoms with E-state index in [1.807, 2.05) is 24.3 Å². The number of nitrogens with one attached hydrogen (secondary N) is 2. The van der Waals surface area contributed by atoms with Gasteiger partial charge in [0.05, 0.1) is 0 Å². The van der Waals surface area contributed by atoms with Gasteiger partial charge in [-0.1, -0.05) is 15.9 Å². The molecule has 3 rings (SSSR count). The summed E-state index contributed by atoms with van der Waals surface area (Å²) in [6.45, 7) is 0.179. The van der Waals surface area contributed by atoms with Gasteiger partial charge in [0.2, 0.25) is 0 Å². The molecule has 0 aliphatic heterocycles. The SMILES string of the molecule is Cn1cc(Br)cc1C(=O)NNC(=O)c1ccc(COc2ccc(Br)cc2)o1. The van der Waals surface area contributed by atoms with E-state index < -0.39 is 11.8 Å². The number of hydrazine groups is 1. The summed E-state index contributed by atoms with van der Waals surface area (Å²) in [6.07, 6.45) is 1.74. The second-order valence-electron chi connectivity index (χ2n) is 5.57. The highest BCUT2D eigenvalue weighted by Crippen LogP contribution is 2.18. The lowest BCUT2D eigenvalue weighted by Crippen LogP contribution is -2.42. The van der Waals surface area contributed by atoms with Crippen LogP contribution in [0.3, 0.4) is 0 Å². The molecule has 0 aliphatic rings. The largest absolute Gasteiger partial charge is 0.486 e. The molecule has 0 spiro atoms. The van der Waals surface area contributed by atoms with Crippen molar-refractivity contribution in [3.63, 3.8) is 0 Å². The fourth-order valence-electron chi connectivity index (χ4n) is 2.25. The van der Waals surface area contributed by atoms with Crippen LogP contribution in [0.2, 0.25) is 0 Å². The van der Waals surface area contributed by atoms with Gasteiger partial charge in [-0.3, -0.25) is 20.4 Å². The molecule has 0 saturated heterocycles. The van der Waals surface area contributed by atoms with Gasteiger partial charge in [-0.2, -0.15) is 0 Å². The Morgan fingerprint density at radius 1 is 1.04 bits per heavy atom. The van der Waals surface area contributed by atoms with E-state index >= 15 is 0 Å². The number of amides is 2. The summed E-state index contributed by atoms with van der Waals surface area (Å²) in [5, 5.41) is 0.